The van der Waals surface area contributed by atoms with Crippen LogP contribution in [0.25, 0.3) is 0 Å². The molecule has 19 heavy (non-hydrogen) atoms. The highest BCUT2D eigenvalue weighted by molar-refractivity contribution is 6.15. The Balaban J connectivity index is 1.63. The van der Waals surface area contributed by atoms with Gasteiger partial charge < -0.3 is 0 Å². The lowest BCUT2D eigenvalue weighted by Crippen LogP contribution is -1.98. The summed E-state index contributed by atoms with van der Waals surface area (Å²) in [6.07, 6.45) is 3.47. The molecule has 0 N–H and O–H groups in total. The molecule has 2 aromatic rings. The number of aliphatic imine (C=N–C) groups is 1. The number of rotatable bonds is 4. The van der Waals surface area contributed by atoms with E-state index in [2.05, 4.69) is 4.99 Å². The maximum atomic E-state index is 11.9. The first kappa shape index (κ1) is 11.6. The molecule has 0 saturated carbocycles. The number of allylic oxidation sites excluding steroid dienone is 1. The van der Waals surface area contributed by atoms with Crippen molar-refractivity contribution >= 4 is 11.5 Å². The fraction of sp³-hybridized carbons (Fsp3) is 0.0588. The molecule has 0 aliphatic carbocycles. The largest absolute Gasteiger partial charge is 0.289 e. The van der Waals surface area contributed by atoms with Gasteiger partial charge >= 0.3 is 0 Å². The predicted octanol–water partition coefficient (Wildman–Crippen LogP) is 3.30. The van der Waals surface area contributed by atoms with Crippen molar-refractivity contribution in [2.75, 3.05) is 0 Å². The molecule has 2 nitrogen and oxygen atoms in total. The third kappa shape index (κ3) is 2.68. The van der Waals surface area contributed by atoms with Crippen LogP contribution >= 0.6 is 0 Å². The lowest BCUT2D eigenvalue weighted by molar-refractivity contribution is 0.104. The minimum absolute atomic E-state index is 0.0233. The van der Waals surface area contributed by atoms with E-state index in [1.807, 2.05) is 66.7 Å². The SMILES string of the molecule is O=C(C=CC1N=C1c1ccccc1)c1ccccc1. The van der Waals surface area contributed by atoms with Gasteiger partial charge in [0.1, 0.15) is 6.04 Å². The van der Waals surface area contributed by atoms with E-state index in [-0.39, 0.29) is 11.8 Å². The van der Waals surface area contributed by atoms with Crippen LogP contribution in [0.15, 0.2) is 77.8 Å². The summed E-state index contributed by atoms with van der Waals surface area (Å²) in [5.41, 5.74) is 2.89. The van der Waals surface area contributed by atoms with Crippen LogP contribution in [0, 0.1) is 0 Å². The molecule has 3 rings (SSSR count). The van der Waals surface area contributed by atoms with Gasteiger partial charge in [0.25, 0.3) is 0 Å². The van der Waals surface area contributed by atoms with Gasteiger partial charge in [-0.2, -0.15) is 0 Å². The summed E-state index contributed by atoms with van der Waals surface area (Å²) >= 11 is 0. The van der Waals surface area contributed by atoms with E-state index in [1.54, 1.807) is 6.08 Å². The second kappa shape index (κ2) is 5.02. The molecular weight excluding hydrogens is 234 g/mol. The molecule has 0 amide bonds. The lowest BCUT2D eigenvalue weighted by Gasteiger charge is -1.94. The second-order valence-corrected chi connectivity index (χ2v) is 4.41. The number of carbonyl (C=O) groups is 1. The van der Waals surface area contributed by atoms with E-state index in [1.165, 1.54) is 0 Å². The highest BCUT2D eigenvalue weighted by Gasteiger charge is 2.25. The zero-order chi connectivity index (χ0) is 13.1. The molecule has 92 valence electrons. The van der Waals surface area contributed by atoms with E-state index >= 15 is 0 Å². The van der Waals surface area contributed by atoms with Crippen molar-refractivity contribution in [2.24, 2.45) is 4.99 Å². The first-order valence-corrected chi connectivity index (χ1v) is 6.25. The van der Waals surface area contributed by atoms with Gasteiger partial charge in [-0.05, 0) is 11.6 Å². The van der Waals surface area contributed by atoms with E-state index in [0.717, 1.165) is 11.3 Å². The average molecular weight is 247 g/mol. The fourth-order valence-electron chi connectivity index (χ4n) is 1.98. The summed E-state index contributed by atoms with van der Waals surface area (Å²) in [5.74, 6) is 0.0233. The van der Waals surface area contributed by atoms with Crippen LogP contribution in [0.4, 0.5) is 0 Å². The van der Waals surface area contributed by atoms with Gasteiger partial charge in [-0.15, -0.1) is 0 Å². The summed E-state index contributed by atoms with van der Waals surface area (Å²) in [6.45, 7) is 0. The number of hydrogen-bond acceptors (Lipinski definition) is 2. The Kier molecular flexibility index (Phi) is 3.07. The molecule has 0 aromatic heterocycles. The Morgan fingerprint density at radius 2 is 1.58 bits per heavy atom. The van der Waals surface area contributed by atoms with Gasteiger partial charge in [-0.3, -0.25) is 9.79 Å². The Hall–Kier alpha value is -2.48. The van der Waals surface area contributed by atoms with Crippen LogP contribution in [0.5, 0.6) is 0 Å². The Morgan fingerprint density at radius 3 is 2.26 bits per heavy atom. The van der Waals surface area contributed by atoms with Crippen LogP contribution in [0.2, 0.25) is 0 Å². The molecule has 0 saturated heterocycles. The standard InChI is InChI=1S/C17H13NO/c19-16(13-7-3-1-4-8-13)12-11-15-17(18-15)14-9-5-2-6-10-14/h1-12,15H. The van der Waals surface area contributed by atoms with Gasteiger partial charge in [-0.25, -0.2) is 0 Å². The average Bonchev–Trinajstić information content (AvgIpc) is 3.26. The summed E-state index contributed by atoms with van der Waals surface area (Å²) in [4.78, 5) is 16.3. The minimum atomic E-state index is 0.0233. The van der Waals surface area contributed by atoms with Crippen molar-refractivity contribution in [3.8, 4) is 0 Å². The van der Waals surface area contributed by atoms with E-state index in [9.17, 15) is 4.79 Å². The molecular formula is C17H13NO. The van der Waals surface area contributed by atoms with Crippen LogP contribution in [0.1, 0.15) is 15.9 Å². The van der Waals surface area contributed by atoms with Crippen molar-refractivity contribution in [1.82, 2.24) is 0 Å². The Morgan fingerprint density at radius 1 is 0.947 bits per heavy atom. The van der Waals surface area contributed by atoms with Crippen LogP contribution in [-0.2, 0) is 0 Å². The van der Waals surface area contributed by atoms with Gasteiger partial charge in [0.15, 0.2) is 5.78 Å². The lowest BCUT2D eigenvalue weighted by atomic mass is 10.1. The maximum absolute atomic E-state index is 11.9. The van der Waals surface area contributed by atoms with Crippen molar-refractivity contribution in [2.45, 2.75) is 6.04 Å². The van der Waals surface area contributed by atoms with Crippen molar-refractivity contribution < 1.29 is 4.79 Å². The van der Waals surface area contributed by atoms with E-state index in [4.69, 9.17) is 0 Å². The van der Waals surface area contributed by atoms with Gasteiger partial charge in [0.05, 0.1) is 5.71 Å². The smallest absolute Gasteiger partial charge is 0.185 e. The maximum Gasteiger partial charge on any atom is 0.185 e. The van der Waals surface area contributed by atoms with Crippen molar-refractivity contribution in [3.63, 3.8) is 0 Å². The number of nitrogens with zero attached hydrogens (tertiary/aromatic N) is 1. The monoisotopic (exact) mass is 247 g/mol. The van der Waals surface area contributed by atoms with Gasteiger partial charge in [-0.1, -0.05) is 66.7 Å². The molecule has 1 aliphatic heterocycles. The number of benzene rings is 2. The summed E-state index contributed by atoms with van der Waals surface area (Å²) < 4.78 is 0. The molecule has 0 fully saturated rings. The predicted molar refractivity (Wildman–Crippen MR) is 76.7 cm³/mol. The molecule has 2 heteroatoms. The molecule has 2 aromatic carbocycles. The molecule has 1 unspecified atom stereocenters. The zero-order valence-corrected chi connectivity index (χ0v) is 10.4. The second-order valence-electron chi connectivity index (χ2n) is 4.41. The number of carbonyl (C=O) groups excluding carboxylic acids is 1. The van der Waals surface area contributed by atoms with Crippen molar-refractivity contribution in [1.29, 1.82) is 0 Å². The molecule has 1 aliphatic rings. The molecule has 0 spiro atoms. The number of hydrogen-bond donors (Lipinski definition) is 0. The third-order valence-electron chi connectivity index (χ3n) is 3.05. The topological polar surface area (TPSA) is 29.4 Å². The minimum Gasteiger partial charge on any atom is -0.289 e. The summed E-state index contributed by atoms with van der Waals surface area (Å²) in [7, 11) is 0. The van der Waals surface area contributed by atoms with Crippen LogP contribution in [-0.4, -0.2) is 17.5 Å². The van der Waals surface area contributed by atoms with Gasteiger partial charge in [0, 0.05) is 5.56 Å². The fourth-order valence-corrected chi connectivity index (χ4v) is 1.98. The third-order valence-corrected chi connectivity index (χ3v) is 3.05. The summed E-state index contributed by atoms with van der Waals surface area (Å²) in [6, 6.07) is 19.4. The Labute approximate surface area is 112 Å². The highest BCUT2D eigenvalue weighted by Crippen LogP contribution is 2.21. The van der Waals surface area contributed by atoms with E-state index < -0.39 is 0 Å². The quantitative estimate of drug-likeness (QED) is 0.602. The molecule has 0 radical (unpaired) electrons. The number of ketones is 1. The van der Waals surface area contributed by atoms with E-state index in [0.29, 0.717) is 5.56 Å². The zero-order valence-electron chi connectivity index (χ0n) is 10.4. The highest BCUT2D eigenvalue weighted by atomic mass is 16.1. The van der Waals surface area contributed by atoms with Crippen LogP contribution in [0.3, 0.4) is 0 Å². The molecule has 0 bridgehead atoms. The molecule has 1 atom stereocenters. The Bertz CT molecular complexity index is 641. The van der Waals surface area contributed by atoms with Crippen molar-refractivity contribution in [3.05, 3.63) is 83.9 Å². The summed E-state index contributed by atoms with van der Waals surface area (Å²) in [5, 5.41) is 0. The normalized spacial score (nSPS) is 17.3. The first-order valence-electron chi connectivity index (χ1n) is 6.25. The van der Waals surface area contributed by atoms with Gasteiger partial charge in [0.2, 0.25) is 0 Å². The molecule has 1 heterocycles. The van der Waals surface area contributed by atoms with Crippen LogP contribution < -0.4 is 0 Å². The first-order chi connectivity index (χ1) is 9.34.